The molecule has 1 saturated heterocycles. The van der Waals surface area contributed by atoms with Gasteiger partial charge in [-0.1, -0.05) is 0 Å². The molecule has 0 saturated carbocycles. The third-order valence-corrected chi connectivity index (χ3v) is 4.11. The number of rotatable bonds is 2. The van der Waals surface area contributed by atoms with E-state index in [9.17, 15) is 14.9 Å². The van der Waals surface area contributed by atoms with Crippen molar-refractivity contribution in [3.8, 4) is 0 Å². The lowest BCUT2D eigenvalue weighted by Gasteiger charge is -2.37. The van der Waals surface area contributed by atoms with E-state index in [1.165, 1.54) is 12.1 Å². The molecule has 6 nitrogen and oxygen atoms in total. The van der Waals surface area contributed by atoms with Crippen LogP contribution in [0.5, 0.6) is 0 Å². The van der Waals surface area contributed by atoms with Gasteiger partial charge in [-0.3, -0.25) is 14.9 Å². The monoisotopic (exact) mass is 341 g/mol. The second-order valence-electron chi connectivity index (χ2n) is 5.04. The van der Waals surface area contributed by atoms with Crippen LogP contribution in [0.1, 0.15) is 24.2 Å². The molecule has 7 heteroatoms. The Morgan fingerprint density at radius 2 is 2.20 bits per heavy atom. The molecule has 20 heavy (non-hydrogen) atoms. The first-order valence-electron chi connectivity index (χ1n) is 6.38. The van der Waals surface area contributed by atoms with Crippen LogP contribution < -0.4 is 5.32 Å². The molecule has 1 aliphatic heterocycles. The molecule has 2 rings (SSSR count). The number of benzene rings is 1. The fourth-order valence-electron chi connectivity index (χ4n) is 2.25. The molecular formula is C13H16BrN3O3. The van der Waals surface area contributed by atoms with Crippen molar-refractivity contribution in [3.63, 3.8) is 0 Å². The maximum Gasteiger partial charge on any atom is 0.270 e. The van der Waals surface area contributed by atoms with E-state index in [0.717, 1.165) is 6.54 Å². The van der Waals surface area contributed by atoms with Gasteiger partial charge in [-0.25, -0.2) is 0 Å². The van der Waals surface area contributed by atoms with Crippen molar-refractivity contribution in [2.45, 2.75) is 25.9 Å². The molecule has 1 aromatic rings. The number of nitrogens with zero attached hydrogens (tertiary/aromatic N) is 2. The molecule has 1 N–H and O–H groups in total. The number of hydrogen-bond donors (Lipinski definition) is 1. The minimum absolute atomic E-state index is 0.0601. The number of amides is 1. The summed E-state index contributed by atoms with van der Waals surface area (Å²) >= 11 is 3.30. The zero-order chi connectivity index (χ0) is 14.9. The fourth-order valence-corrected chi connectivity index (χ4v) is 2.67. The van der Waals surface area contributed by atoms with Crippen LogP contribution in [0.4, 0.5) is 5.69 Å². The summed E-state index contributed by atoms with van der Waals surface area (Å²) in [6, 6.07) is 4.52. The van der Waals surface area contributed by atoms with E-state index in [0.29, 0.717) is 16.6 Å². The third kappa shape index (κ3) is 2.99. The standard InChI is InChI=1S/C13H16BrN3O3/c1-8-7-16(9(2)6-15-8)13(18)11-5-10(17(19)20)3-4-12(11)14/h3-5,8-9,15H,6-7H2,1-2H3. The van der Waals surface area contributed by atoms with Crippen LogP contribution in [0, 0.1) is 10.1 Å². The van der Waals surface area contributed by atoms with Gasteiger partial charge in [0.15, 0.2) is 0 Å². The van der Waals surface area contributed by atoms with Gasteiger partial charge in [-0.15, -0.1) is 0 Å². The van der Waals surface area contributed by atoms with Crippen molar-refractivity contribution in [1.29, 1.82) is 0 Å². The molecule has 2 atom stereocenters. The molecule has 0 aliphatic carbocycles. The molecule has 2 unspecified atom stereocenters. The number of piperazine rings is 1. The average Bonchev–Trinajstić information content (AvgIpc) is 2.41. The van der Waals surface area contributed by atoms with Gasteiger partial charge in [-0.2, -0.15) is 0 Å². The highest BCUT2D eigenvalue weighted by atomic mass is 79.9. The zero-order valence-electron chi connectivity index (χ0n) is 11.3. The molecular weight excluding hydrogens is 326 g/mol. The number of halogens is 1. The van der Waals surface area contributed by atoms with Crippen LogP contribution in [-0.4, -0.2) is 40.9 Å². The molecule has 0 radical (unpaired) electrons. The van der Waals surface area contributed by atoms with Crippen molar-refractivity contribution in [1.82, 2.24) is 10.2 Å². The highest BCUT2D eigenvalue weighted by Crippen LogP contribution is 2.25. The van der Waals surface area contributed by atoms with E-state index in [1.807, 2.05) is 13.8 Å². The molecule has 1 amide bonds. The number of carbonyl (C=O) groups is 1. The van der Waals surface area contributed by atoms with Gasteiger partial charge in [0, 0.05) is 41.8 Å². The van der Waals surface area contributed by atoms with Gasteiger partial charge in [0.1, 0.15) is 0 Å². The summed E-state index contributed by atoms with van der Waals surface area (Å²) in [5.41, 5.74) is 0.257. The van der Waals surface area contributed by atoms with Crippen molar-refractivity contribution < 1.29 is 9.72 Å². The summed E-state index contributed by atoms with van der Waals surface area (Å²) in [5.74, 6) is -0.179. The van der Waals surface area contributed by atoms with E-state index in [-0.39, 0.29) is 23.7 Å². The predicted molar refractivity (Wildman–Crippen MR) is 78.8 cm³/mol. The molecule has 0 spiro atoms. The number of nitrogens with one attached hydrogen (secondary N) is 1. The number of carbonyl (C=O) groups excluding carboxylic acids is 1. The SMILES string of the molecule is CC1CN(C(=O)c2cc([N+](=O)[O-])ccc2Br)C(C)CN1. The Labute approximate surface area is 125 Å². The molecule has 1 aliphatic rings. The first-order valence-corrected chi connectivity index (χ1v) is 7.17. The van der Waals surface area contributed by atoms with Crippen LogP contribution in [0.2, 0.25) is 0 Å². The molecule has 108 valence electrons. The fraction of sp³-hybridized carbons (Fsp3) is 0.462. The number of nitro groups is 1. The first-order chi connectivity index (χ1) is 9.40. The Morgan fingerprint density at radius 1 is 1.50 bits per heavy atom. The Balaban J connectivity index is 2.32. The normalized spacial score (nSPS) is 22.6. The number of nitro benzene ring substituents is 1. The van der Waals surface area contributed by atoms with Crippen molar-refractivity contribution >= 4 is 27.5 Å². The van der Waals surface area contributed by atoms with E-state index in [4.69, 9.17) is 0 Å². The van der Waals surface area contributed by atoms with E-state index in [1.54, 1.807) is 11.0 Å². The van der Waals surface area contributed by atoms with Crippen LogP contribution in [0.3, 0.4) is 0 Å². The first kappa shape index (κ1) is 14.9. The summed E-state index contributed by atoms with van der Waals surface area (Å²) in [6.45, 7) is 5.28. The van der Waals surface area contributed by atoms with Crippen molar-refractivity contribution in [2.24, 2.45) is 0 Å². The Hall–Kier alpha value is -1.47. The van der Waals surface area contributed by atoms with E-state index in [2.05, 4.69) is 21.2 Å². The molecule has 0 aromatic heterocycles. The second-order valence-corrected chi connectivity index (χ2v) is 5.89. The average molecular weight is 342 g/mol. The quantitative estimate of drug-likeness (QED) is 0.660. The predicted octanol–water partition coefficient (Wildman–Crippen LogP) is 2.18. The van der Waals surface area contributed by atoms with E-state index >= 15 is 0 Å². The second kappa shape index (κ2) is 5.88. The van der Waals surface area contributed by atoms with Gasteiger partial charge < -0.3 is 10.2 Å². The third-order valence-electron chi connectivity index (χ3n) is 3.42. The maximum absolute atomic E-state index is 12.6. The molecule has 1 fully saturated rings. The number of non-ortho nitro benzene ring substituents is 1. The molecule has 1 heterocycles. The van der Waals surface area contributed by atoms with Crippen molar-refractivity contribution in [3.05, 3.63) is 38.3 Å². The van der Waals surface area contributed by atoms with Crippen LogP contribution in [-0.2, 0) is 0 Å². The minimum Gasteiger partial charge on any atom is -0.333 e. The zero-order valence-corrected chi connectivity index (χ0v) is 12.9. The summed E-state index contributed by atoms with van der Waals surface area (Å²) in [4.78, 5) is 24.7. The van der Waals surface area contributed by atoms with Gasteiger partial charge in [-0.05, 0) is 35.8 Å². The van der Waals surface area contributed by atoms with Crippen LogP contribution in [0.15, 0.2) is 22.7 Å². The van der Waals surface area contributed by atoms with Crippen LogP contribution in [0.25, 0.3) is 0 Å². The number of hydrogen-bond acceptors (Lipinski definition) is 4. The summed E-state index contributed by atoms with van der Waals surface area (Å²) in [5, 5.41) is 14.1. The van der Waals surface area contributed by atoms with Gasteiger partial charge in [0.25, 0.3) is 11.6 Å². The Bertz CT molecular complexity index is 550. The smallest absolute Gasteiger partial charge is 0.270 e. The van der Waals surface area contributed by atoms with Gasteiger partial charge in [0.05, 0.1) is 10.5 Å². The Kier molecular flexibility index (Phi) is 4.39. The summed E-state index contributed by atoms with van der Waals surface area (Å²) in [6.07, 6.45) is 0. The summed E-state index contributed by atoms with van der Waals surface area (Å²) < 4.78 is 0.575. The minimum atomic E-state index is -0.493. The topological polar surface area (TPSA) is 75.5 Å². The lowest BCUT2D eigenvalue weighted by molar-refractivity contribution is -0.384. The van der Waals surface area contributed by atoms with Gasteiger partial charge >= 0.3 is 0 Å². The van der Waals surface area contributed by atoms with Gasteiger partial charge in [0.2, 0.25) is 0 Å². The highest BCUT2D eigenvalue weighted by molar-refractivity contribution is 9.10. The maximum atomic E-state index is 12.6. The Morgan fingerprint density at radius 3 is 2.85 bits per heavy atom. The van der Waals surface area contributed by atoms with Crippen LogP contribution >= 0.6 is 15.9 Å². The highest BCUT2D eigenvalue weighted by Gasteiger charge is 2.29. The summed E-state index contributed by atoms with van der Waals surface area (Å²) in [7, 11) is 0. The lowest BCUT2D eigenvalue weighted by atomic mass is 10.1. The van der Waals surface area contributed by atoms with E-state index < -0.39 is 4.92 Å². The van der Waals surface area contributed by atoms with Crippen molar-refractivity contribution in [2.75, 3.05) is 13.1 Å². The molecule has 1 aromatic carbocycles. The molecule has 0 bridgehead atoms. The lowest BCUT2D eigenvalue weighted by Crippen LogP contribution is -2.56. The largest absolute Gasteiger partial charge is 0.333 e.